The summed E-state index contributed by atoms with van der Waals surface area (Å²) in [5.41, 5.74) is 6.99. The monoisotopic (exact) mass is 680 g/mol. The minimum Gasteiger partial charge on any atom is -0.748 e. The van der Waals surface area contributed by atoms with E-state index in [2.05, 4.69) is 29.2 Å². The van der Waals surface area contributed by atoms with E-state index in [1.165, 1.54) is 0 Å². The molecule has 0 radical (unpaired) electrons. The van der Waals surface area contributed by atoms with Crippen molar-refractivity contribution in [1.29, 1.82) is 0 Å². The third kappa shape index (κ3) is 8.58. The van der Waals surface area contributed by atoms with Crippen molar-refractivity contribution >= 4 is 27.5 Å². The van der Waals surface area contributed by atoms with E-state index in [0.717, 1.165) is 62.7 Å². The van der Waals surface area contributed by atoms with Crippen molar-refractivity contribution in [3.05, 3.63) is 121 Å². The SMILES string of the molecule is CC(/C=C1\Oc2ccc(-c3ccccc3)cc2N1CCCCCC(=O)O)=C\C1Oc2ccc(-c3ccccc3)cc2[NH+]1CCCS(=O)(=O)[O-]. The van der Waals surface area contributed by atoms with Crippen molar-refractivity contribution in [3.63, 3.8) is 0 Å². The largest absolute Gasteiger partial charge is 0.748 e. The smallest absolute Gasteiger partial charge is 0.303 e. The lowest BCUT2D eigenvalue weighted by Gasteiger charge is -2.20. The highest BCUT2D eigenvalue weighted by Crippen LogP contribution is 2.42. The maximum absolute atomic E-state index is 11.4. The predicted octanol–water partition coefficient (Wildman–Crippen LogP) is 6.52. The van der Waals surface area contributed by atoms with Crippen LogP contribution in [0.3, 0.4) is 0 Å². The molecule has 0 amide bonds. The molecule has 2 unspecified atom stereocenters. The fraction of sp³-hybridized carbons (Fsp3) is 0.256. The first-order valence-corrected chi connectivity index (χ1v) is 18.1. The van der Waals surface area contributed by atoms with Gasteiger partial charge >= 0.3 is 5.97 Å². The Hall–Kier alpha value is -4.90. The Balaban J connectivity index is 1.28. The van der Waals surface area contributed by atoms with E-state index < -0.39 is 28.1 Å². The summed E-state index contributed by atoms with van der Waals surface area (Å²) in [6, 6.07) is 32.3. The Morgan fingerprint density at radius 3 is 2.16 bits per heavy atom. The zero-order chi connectivity index (χ0) is 34.4. The number of aliphatic carboxylic acids is 1. The summed E-state index contributed by atoms with van der Waals surface area (Å²) >= 11 is 0. The van der Waals surface area contributed by atoms with E-state index in [1.807, 2.05) is 91.9 Å². The number of rotatable bonds is 14. The second kappa shape index (κ2) is 15.1. The molecule has 0 aromatic heterocycles. The van der Waals surface area contributed by atoms with Crippen LogP contribution in [-0.4, -0.2) is 49.1 Å². The van der Waals surface area contributed by atoms with E-state index in [9.17, 15) is 17.8 Å². The van der Waals surface area contributed by atoms with E-state index in [4.69, 9.17) is 14.6 Å². The standard InChI is InChI=1S/C39H40N2O7S/c1-28(25-38-41(22-11-23-49(44,45)46)34-27-32(18-20-36(34)48-38)30-14-7-3-8-15-30)24-37-40(21-10-4-9-16-39(42)43)33-26-31(17-19-35(33)47-37)29-12-5-2-6-13-29/h2-3,5-8,12-15,17-20,24-27,38H,4,9-11,16,21-23H2,1H3,(H,42,43)(H,44,45,46)/b28-25+,37-24-. The minimum atomic E-state index is -4.35. The second-order valence-electron chi connectivity index (χ2n) is 12.4. The van der Waals surface area contributed by atoms with E-state index >= 15 is 0 Å². The summed E-state index contributed by atoms with van der Waals surface area (Å²) in [7, 11) is -4.35. The topological polar surface area (TPSA) is 121 Å². The van der Waals surface area contributed by atoms with Crippen LogP contribution in [0.5, 0.6) is 11.5 Å². The average molecular weight is 681 g/mol. The normalized spacial score (nSPS) is 17.8. The molecule has 49 heavy (non-hydrogen) atoms. The number of unbranched alkanes of at least 4 members (excludes halogenated alkanes) is 2. The van der Waals surface area contributed by atoms with Crippen molar-refractivity contribution in [3.8, 4) is 33.8 Å². The number of anilines is 1. The highest BCUT2D eigenvalue weighted by molar-refractivity contribution is 7.85. The summed E-state index contributed by atoms with van der Waals surface area (Å²) in [4.78, 5) is 14.1. The van der Waals surface area contributed by atoms with Crippen molar-refractivity contribution in [2.45, 2.75) is 45.3 Å². The van der Waals surface area contributed by atoms with Gasteiger partial charge in [-0.05, 0) is 65.8 Å². The molecule has 10 heteroatoms. The molecule has 2 heterocycles. The van der Waals surface area contributed by atoms with Crippen molar-refractivity contribution in [2.75, 3.05) is 23.7 Å². The number of benzene rings is 4. The maximum Gasteiger partial charge on any atom is 0.303 e. The molecule has 4 aromatic rings. The molecule has 0 spiro atoms. The fourth-order valence-electron chi connectivity index (χ4n) is 6.36. The second-order valence-corrected chi connectivity index (χ2v) is 13.9. The van der Waals surface area contributed by atoms with Gasteiger partial charge < -0.3 is 24.0 Å². The number of hydrogen-bond donors (Lipinski definition) is 2. The first-order chi connectivity index (χ1) is 23.6. The molecule has 2 aliphatic rings. The number of nitrogens with zero attached hydrogens (tertiary/aromatic N) is 1. The summed E-state index contributed by atoms with van der Waals surface area (Å²) in [5.74, 6) is 0.883. The molecule has 9 nitrogen and oxygen atoms in total. The first-order valence-electron chi connectivity index (χ1n) is 16.6. The highest BCUT2D eigenvalue weighted by Gasteiger charge is 2.35. The molecule has 0 fully saturated rings. The van der Waals surface area contributed by atoms with Gasteiger partial charge in [0.05, 0.1) is 22.4 Å². The van der Waals surface area contributed by atoms with Crippen LogP contribution in [0.4, 0.5) is 11.4 Å². The van der Waals surface area contributed by atoms with Crippen LogP contribution < -0.4 is 19.3 Å². The van der Waals surface area contributed by atoms with Crippen molar-refractivity contribution in [2.24, 2.45) is 0 Å². The molecular weight excluding hydrogens is 641 g/mol. The number of carboxylic acids is 1. The molecular formula is C39H40N2O7S. The van der Waals surface area contributed by atoms with Crippen LogP contribution in [0.25, 0.3) is 22.3 Å². The lowest BCUT2D eigenvalue weighted by Crippen LogP contribution is -3.10. The molecule has 0 saturated carbocycles. The van der Waals surface area contributed by atoms with Crippen LogP contribution >= 0.6 is 0 Å². The van der Waals surface area contributed by atoms with E-state index in [0.29, 0.717) is 31.1 Å². The Labute approximate surface area is 287 Å². The average Bonchev–Trinajstić information content (AvgIpc) is 3.60. The summed E-state index contributed by atoms with van der Waals surface area (Å²) in [6.07, 6.45) is 6.03. The van der Waals surface area contributed by atoms with Gasteiger partial charge in [0.25, 0.3) is 6.23 Å². The van der Waals surface area contributed by atoms with Gasteiger partial charge in [0, 0.05) is 43.4 Å². The summed E-state index contributed by atoms with van der Waals surface area (Å²) < 4.78 is 47.2. The highest BCUT2D eigenvalue weighted by atomic mass is 32.2. The zero-order valence-corrected chi connectivity index (χ0v) is 28.2. The summed E-state index contributed by atoms with van der Waals surface area (Å²) in [5, 5.41) is 9.08. The van der Waals surface area contributed by atoms with Gasteiger partial charge in [0.2, 0.25) is 5.88 Å². The lowest BCUT2D eigenvalue weighted by molar-refractivity contribution is -0.862. The van der Waals surface area contributed by atoms with Gasteiger partial charge in [-0.25, -0.2) is 8.42 Å². The van der Waals surface area contributed by atoms with Crippen LogP contribution in [0.2, 0.25) is 0 Å². The molecule has 2 aliphatic heterocycles. The Morgan fingerprint density at radius 1 is 0.857 bits per heavy atom. The molecule has 0 aliphatic carbocycles. The third-order valence-corrected chi connectivity index (χ3v) is 9.53. The number of carboxylic acid groups (broad SMARTS) is 1. The van der Waals surface area contributed by atoms with Gasteiger partial charge in [0.15, 0.2) is 17.2 Å². The maximum atomic E-state index is 11.4. The molecule has 6 rings (SSSR count). The molecule has 4 aromatic carbocycles. The Kier molecular flexibility index (Phi) is 10.5. The minimum absolute atomic E-state index is 0.145. The lowest BCUT2D eigenvalue weighted by atomic mass is 10.0. The third-order valence-electron chi connectivity index (χ3n) is 8.75. The fourth-order valence-corrected chi connectivity index (χ4v) is 6.86. The molecule has 0 saturated heterocycles. The van der Waals surface area contributed by atoms with Crippen molar-refractivity contribution < 1.29 is 37.2 Å². The number of carbonyl (C=O) groups is 1. The van der Waals surface area contributed by atoms with E-state index in [-0.39, 0.29) is 12.8 Å². The number of allylic oxidation sites excluding steroid dienone is 2. The molecule has 2 atom stereocenters. The Morgan fingerprint density at radius 2 is 1.51 bits per heavy atom. The number of hydrogen-bond acceptors (Lipinski definition) is 7. The number of nitrogens with one attached hydrogen (secondary N) is 1. The number of ether oxygens (including phenoxy) is 2. The summed E-state index contributed by atoms with van der Waals surface area (Å²) in [6.45, 7) is 3.02. The number of quaternary nitrogens is 1. The predicted molar refractivity (Wildman–Crippen MR) is 189 cm³/mol. The Bertz CT molecular complexity index is 1960. The van der Waals surface area contributed by atoms with Crippen LogP contribution in [-0.2, 0) is 14.9 Å². The van der Waals surface area contributed by atoms with Crippen LogP contribution in [0, 0.1) is 0 Å². The van der Waals surface area contributed by atoms with Gasteiger partial charge in [-0.2, -0.15) is 0 Å². The quantitative estimate of drug-likeness (QED) is 0.114. The number of fused-ring (bicyclic) bond motifs is 2. The van der Waals surface area contributed by atoms with Gasteiger partial charge in [-0.15, -0.1) is 0 Å². The van der Waals surface area contributed by atoms with Gasteiger partial charge in [0.1, 0.15) is 0 Å². The molecule has 254 valence electrons. The zero-order valence-electron chi connectivity index (χ0n) is 27.4. The first kappa shape index (κ1) is 34.0. The van der Waals surface area contributed by atoms with Crippen LogP contribution in [0.1, 0.15) is 39.0 Å². The van der Waals surface area contributed by atoms with Crippen LogP contribution in [0.15, 0.2) is 121 Å². The van der Waals surface area contributed by atoms with Gasteiger partial charge in [-0.1, -0.05) is 79.2 Å². The van der Waals surface area contributed by atoms with E-state index in [1.54, 1.807) is 0 Å². The molecule has 0 bridgehead atoms. The van der Waals surface area contributed by atoms with Crippen molar-refractivity contribution in [1.82, 2.24) is 0 Å². The van der Waals surface area contributed by atoms with Gasteiger partial charge in [-0.3, -0.25) is 9.69 Å². The molecule has 2 N–H and O–H groups in total.